The third-order valence-corrected chi connectivity index (χ3v) is 3.28. The topological polar surface area (TPSA) is 77.5 Å². The standard InChI is InChI=1S/C18H22N2O4/c1-18(2,3)24-17(22)20-15(16(21)23-4)10-14-9-12-7-5-6-8-13(12)11-19-14/h5-9,11,15H,10H2,1-4H3,(H,20,22)/t15-/m0/s1. The molecule has 24 heavy (non-hydrogen) atoms. The molecule has 0 saturated carbocycles. The Kier molecular flexibility index (Phi) is 5.39. The number of nitrogens with one attached hydrogen (secondary N) is 1. The Balaban J connectivity index is 2.15. The summed E-state index contributed by atoms with van der Waals surface area (Å²) in [6.45, 7) is 5.26. The number of esters is 1. The molecule has 2 rings (SSSR count). The summed E-state index contributed by atoms with van der Waals surface area (Å²) in [5.74, 6) is -0.546. The summed E-state index contributed by atoms with van der Waals surface area (Å²) in [6, 6.07) is 8.83. The van der Waals surface area contributed by atoms with Gasteiger partial charge >= 0.3 is 12.1 Å². The summed E-state index contributed by atoms with van der Waals surface area (Å²) in [5, 5.41) is 4.57. The van der Waals surface area contributed by atoms with Crippen LogP contribution < -0.4 is 5.32 Å². The monoisotopic (exact) mass is 330 g/mol. The second-order valence-corrected chi connectivity index (χ2v) is 6.45. The van der Waals surface area contributed by atoms with Gasteiger partial charge in [-0.25, -0.2) is 9.59 Å². The summed E-state index contributed by atoms with van der Waals surface area (Å²) in [7, 11) is 1.28. The zero-order valence-corrected chi connectivity index (χ0v) is 14.3. The van der Waals surface area contributed by atoms with Crippen LogP contribution in [0.2, 0.25) is 0 Å². The molecule has 0 radical (unpaired) electrons. The Hall–Kier alpha value is -2.63. The molecule has 1 amide bonds. The number of carbonyl (C=O) groups excluding carboxylic acids is 2. The molecular formula is C18H22N2O4. The van der Waals surface area contributed by atoms with Crippen molar-refractivity contribution >= 4 is 22.8 Å². The third kappa shape index (κ3) is 4.94. The molecule has 1 N–H and O–H groups in total. The van der Waals surface area contributed by atoms with Crippen molar-refractivity contribution in [2.24, 2.45) is 0 Å². The molecular weight excluding hydrogens is 308 g/mol. The second kappa shape index (κ2) is 7.29. The number of rotatable bonds is 4. The molecule has 1 aromatic heterocycles. The average molecular weight is 330 g/mol. The van der Waals surface area contributed by atoms with E-state index in [-0.39, 0.29) is 6.42 Å². The lowest BCUT2D eigenvalue weighted by molar-refractivity contribution is -0.143. The van der Waals surface area contributed by atoms with E-state index in [9.17, 15) is 9.59 Å². The fourth-order valence-electron chi connectivity index (χ4n) is 2.24. The van der Waals surface area contributed by atoms with Crippen LogP contribution in [0.5, 0.6) is 0 Å². The van der Waals surface area contributed by atoms with E-state index >= 15 is 0 Å². The van der Waals surface area contributed by atoms with Crippen molar-refractivity contribution in [3.63, 3.8) is 0 Å². The minimum absolute atomic E-state index is 0.219. The van der Waals surface area contributed by atoms with Gasteiger partial charge in [-0.3, -0.25) is 4.98 Å². The minimum atomic E-state index is -0.862. The first-order chi connectivity index (χ1) is 11.3. The molecule has 0 aliphatic rings. The molecule has 0 unspecified atom stereocenters. The van der Waals surface area contributed by atoms with E-state index in [1.54, 1.807) is 27.0 Å². The van der Waals surface area contributed by atoms with Crippen LogP contribution >= 0.6 is 0 Å². The lowest BCUT2D eigenvalue weighted by atomic mass is 10.1. The van der Waals surface area contributed by atoms with Gasteiger partial charge in [-0.05, 0) is 32.2 Å². The summed E-state index contributed by atoms with van der Waals surface area (Å²) < 4.78 is 9.96. The van der Waals surface area contributed by atoms with Gasteiger partial charge in [0, 0.05) is 23.7 Å². The maximum absolute atomic E-state index is 12.0. The largest absolute Gasteiger partial charge is 0.467 e. The van der Waals surface area contributed by atoms with Crippen LogP contribution in [0.3, 0.4) is 0 Å². The van der Waals surface area contributed by atoms with Crippen LogP contribution in [-0.2, 0) is 20.7 Å². The molecule has 128 valence electrons. The van der Waals surface area contributed by atoms with E-state index in [4.69, 9.17) is 9.47 Å². The van der Waals surface area contributed by atoms with Gasteiger partial charge < -0.3 is 14.8 Å². The average Bonchev–Trinajstić information content (AvgIpc) is 2.51. The van der Waals surface area contributed by atoms with Crippen LogP contribution in [0, 0.1) is 0 Å². The number of methoxy groups -OCH3 is 1. The Bertz CT molecular complexity index is 737. The van der Waals surface area contributed by atoms with Crippen molar-refractivity contribution in [1.29, 1.82) is 0 Å². The summed E-state index contributed by atoms with van der Waals surface area (Å²) in [4.78, 5) is 28.2. The lowest BCUT2D eigenvalue weighted by Gasteiger charge is -2.22. The van der Waals surface area contributed by atoms with Gasteiger partial charge in [0.05, 0.1) is 7.11 Å². The fourth-order valence-corrected chi connectivity index (χ4v) is 2.24. The van der Waals surface area contributed by atoms with E-state index < -0.39 is 23.7 Å². The highest BCUT2D eigenvalue weighted by molar-refractivity contribution is 5.83. The molecule has 6 nitrogen and oxygen atoms in total. The molecule has 1 heterocycles. The summed E-state index contributed by atoms with van der Waals surface area (Å²) >= 11 is 0. The van der Waals surface area contributed by atoms with E-state index in [0.717, 1.165) is 10.8 Å². The van der Waals surface area contributed by atoms with E-state index in [2.05, 4.69) is 10.3 Å². The Morgan fingerprint density at radius 2 is 1.88 bits per heavy atom. The molecule has 0 saturated heterocycles. The Morgan fingerprint density at radius 3 is 2.50 bits per heavy atom. The van der Waals surface area contributed by atoms with Crippen molar-refractivity contribution in [3.05, 3.63) is 42.2 Å². The quantitative estimate of drug-likeness (QED) is 0.872. The Morgan fingerprint density at radius 1 is 1.21 bits per heavy atom. The van der Waals surface area contributed by atoms with Gasteiger partial charge in [-0.2, -0.15) is 0 Å². The maximum atomic E-state index is 12.0. The first kappa shape index (κ1) is 17.7. The molecule has 1 aromatic carbocycles. The zero-order chi connectivity index (χ0) is 17.7. The number of benzene rings is 1. The molecule has 0 spiro atoms. The lowest BCUT2D eigenvalue weighted by Crippen LogP contribution is -2.45. The predicted molar refractivity (Wildman–Crippen MR) is 90.6 cm³/mol. The first-order valence-electron chi connectivity index (χ1n) is 7.69. The molecule has 1 atom stereocenters. The van der Waals surface area contributed by atoms with Crippen molar-refractivity contribution < 1.29 is 19.1 Å². The van der Waals surface area contributed by atoms with E-state index in [1.807, 2.05) is 30.3 Å². The molecule has 6 heteroatoms. The highest BCUT2D eigenvalue weighted by Crippen LogP contribution is 2.15. The summed E-state index contributed by atoms with van der Waals surface area (Å²) in [5.41, 5.74) is 0.0338. The molecule has 2 aromatic rings. The third-order valence-electron chi connectivity index (χ3n) is 3.28. The molecule has 0 aliphatic heterocycles. The highest BCUT2D eigenvalue weighted by atomic mass is 16.6. The van der Waals surface area contributed by atoms with E-state index in [0.29, 0.717) is 5.69 Å². The van der Waals surface area contributed by atoms with Crippen LogP contribution in [0.25, 0.3) is 10.8 Å². The minimum Gasteiger partial charge on any atom is -0.467 e. The van der Waals surface area contributed by atoms with Gasteiger partial charge in [-0.15, -0.1) is 0 Å². The van der Waals surface area contributed by atoms with Crippen molar-refractivity contribution in [3.8, 4) is 0 Å². The molecule has 0 fully saturated rings. The maximum Gasteiger partial charge on any atom is 0.408 e. The number of fused-ring (bicyclic) bond motifs is 1. The van der Waals surface area contributed by atoms with Crippen LogP contribution in [0.15, 0.2) is 36.5 Å². The number of ether oxygens (including phenoxy) is 2. The predicted octanol–water partition coefficient (Wildman–Crippen LogP) is 2.84. The number of pyridine rings is 1. The van der Waals surface area contributed by atoms with Crippen molar-refractivity contribution in [2.45, 2.75) is 38.8 Å². The number of aromatic nitrogens is 1. The SMILES string of the molecule is COC(=O)[C@H](Cc1cc2ccccc2cn1)NC(=O)OC(C)(C)C. The van der Waals surface area contributed by atoms with Gasteiger partial charge in [-0.1, -0.05) is 24.3 Å². The number of amides is 1. The van der Waals surface area contributed by atoms with Gasteiger partial charge in [0.2, 0.25) is 0 Å². The highest BCUT2D eigenvalue weighted by Gasteiger charge is 2.25. The number of nitrogens with zero attached hydrogens (tertiary/aromatic N) is 1. The van der Waals surface area contributed by atoms with Crippen LogP contribution in [-0.4, -0.2) is 35.8 Å². The van der Waals surface area contributed by atoms with E-state index in [1.165, 1.54) is 7.11 Å². The number of carbonyl (C=O) groups is 2. The number of hydrogen-bond acceptors (Lipinski definition) is 5. The zero-order valence-electron chi connectivity index (χ0n) is 14.3. The van der Waals surface area contributed by atoms with Gasteiger partial charge in [0.25, 0.3) is 0 Å². The van der Waals surface area contributed by atoms with Crippen LogP contribution in [0.4, 0.5) is 4.79 Å². The van der Waals surface area contributed by atoms with Gasteiger partial charge in [0.1, 0.15) is 11.6 Å². The number of alkyl carbamates (subject to hydrolysis) is 1. The van der Waals surface area contributed by atoms with Crippen LogP contribution in [0.1, 0.15) is 26.5 Å². The van der Waals surface area contributed by atoms with Crippen molar-refractivity contribution in [1.82, 2.24) is 10.3 Å². The first-order valence-corrected chi connectivity index (χ1v) is 7.69. The fraction of sp³-hybridized carbons (Fsp3) is 0.389. The second-order valence-electron chi connectivity index (χ2n) is 6.45. The van der Waals surface area contributed by atoms with Gasteiger partial charge in [0.15, 0.2) is 0 Å². The molecule has 0 bridgehead atoms. The number of hydrogen-bond donors (Lipinski definition) is 1. The van der Waals surface area contributed by atoms with Crippen molar-refractivity contribution in [2.75, 3.05) is 7.11 Å². The normalized spacial score (nSPS) is 12.5. The summed E-state index contributed by atoms with van der Waals surface area (Å²) in [6.07, 6.45) is 1.29. The molecule has 0 aliphatic carbocycles. The Labute approximate surface area is 141 Å². The smallest absolute Gasteiger partial charge is 0.408 e.